The monoisotopic (exact) mass is 462 g/mol. The number of hydrogen-bond donors (Lipinski definition) is 2. The fraction of sp³-hybridized carbons (Fsp3) is 0.393. The molecule has 6 heteroatoms. The molecule has 2 rings (SSSR count). The van der Waals surface area contributed by atoms with Crippen LogP contribution in [0.15, 0.2) is 77.5 Å². The number of aliphatic imine (C=N–C) groups is 1. The Morgan fingerprint density at radius 1 is 1.21 bits per heavy atom. The minimum atomic E-state index is -0.250. The van der Waals surface area contributed by atoms with Crippen LogP contribution in [0, 0.1) is 0 Å². The number of unbranched alkanes of at least 4 members (excludes halogenated alkanes) is 1. The zero-order chi connectivity index (χ0) is 24.8. The molecule has 0 bridgehead atoms. The quantitative estimate of drug-likeness (QED) is 0.242. The molecular weight excluding hydrogens is 424 g/mol. The molecule has 1 fully saturated rings. The first kappa shape index (κ1) is 26.8. The Morgan fingerprint density at radius 3 is 2.59 bits per heavy atom. The average Bonchev–Trinajstić information content (AvgIpc) is 2.85. The maximum Gasteiger partial charge on any atom is 0.273 e. The lowest BCUT2D eigenvalue weighted by Gasteiger charge is -2.35. The van der Waals surface area contributed by atoms with Crippen LogP contribution in [0.25, 0.3) is 0 Å². The number of carbonyl (C=O) groups is 2. The number of nitrogens with zero attached hydrogens (tertiary/aromatic N) is 2. The van der Waals surface area contributed by atoms with Gasteiger partial charge in [0.15, 0.2) is 0 Å². The van der Waals surface area contributed by atoms with Gasteiger partial charge in [-0.15, -0.1) is 0 Å². The number of para-hydroxylation sites is 2. The van der Waals surface area contributed by atoms with Crippen LogP contribution in [0.1, 0.15) is 52.4 Å². The number of nitrogens with one attached hydrogen (secondary N) is 2. The van der Waals surface area contributed by atoms with Crippen molar-refractivity contribution in [2.45, 2.75) is 58.4 Å². The summed E-state index contributed by atoms with van der Waals surface area (Å²) in [5, 5.41) is 6.16. The molecule has 0 aliphatic carbocycles. The van der Waals surface area contributed by atoms with E-state index in [0.717, 1.165) is 55.7 Å². The van der Waals surface area contributed by atoms with E-state index < -0.39 is 0 Å². The Kier molecular flexibility index (Phi) is 11.6. The van der Waals surface area contributed by atoms with Crippen LogP contribution in [0.5, 0.6) is 0 Å². The maximum atomic E-state index is 12.7. The predicted molar refractivity (Wildman–Crippen MR) is 143 cm³/mol. The zero-order valence-corrected chi connectivity index (χ0v) is 20.6. The van der Waals surface area contributed by atoms with Gasteiger partial charge < -0.3 is 15.5 Å². The molecule has 182 valence electrons. The second-order valence-electron chi connectivity index (χ2n) is 8.31. The maximum absolute atomic E-state index is 12.7. The summed E-state index contributed by atoms with van der Waals surface area (Å²) in [7, 11) is 0. The smallest absolute Gasteiger partial charge is 0.273 e. The average molecular weight is 463 g/mol. The van der Waals surface area contributed by atoms with Crippen LogP contribution in [-0.4, -0.2) is 37.7 Å². The van der Waals surface area contributed by atoms with Crippen molar-refractivity contribution in [2.75, 3.05) is 23.3 Å². The Morgan fingerprint density at radius 2 is 1.94 bits per heavy atom. The van der Waals surface area contributed by atoms with Crippen molar-refractivity contribution in [1.29, 1.82) is 0 Å². The van der Waals surface area contributed by atoms with Crippen molar-refractivity contribution in [2.24, 2.45) is 4.99 Å². The second kappa shape index (κ2) is 14.7. The van der Waals surface area contributed by atoms with E-state index in [1.54, 1.807) is 6.08 Å². The van der Waals surface area contributed by atoms with Crippen LogP contribution in [-0.2, 0) is 9.59 Å². The van der Waals surface area contributed by atoms with Crippen molar-refractivity contribution in [3.05, 3.63) is 72.5 Å². The third-order valence-corrected chi connectivity index (χ3v) is 5.79. The summed E-state index contributed by atoms with van der Waals surface area (Å²) in [6.45, 7) is 13.0. The van der Waals surface area contributed by atoms with Gasteiger partial charge in [-0.2, -0.15) is 0 Å². The Labute approximate surface area is 204 Å². The normalized spacial score (nSPS) is 15.3. The summed E-state index contributed by atoms with van der Waals surface area (Å²) >= 11 is 0. The van der Waals surface area contributed by atoms with Crippen LogP contribution >= 0.6 is 0 Å². The SMILES string of the molecule is C=C/C(=C\C=C/C)CCC(=O)NC1CCN(c2ccccc2NC(=O)/C(=C/CCC)N=C)CC1. The molecule has 0 atom stereocenters. The summed E-state index contributed by atoms with van der Waals surface area (Å²) in [6, 6.07) is 7.95. The van der Waals surface area contributed by atoms with Crippen molar-refractivity contribution in [3.8, 4) is 0 Å². The predicted octanol–water partition coefficient (Wildman–Crippen LogP) is 5.56. The lowest BCUT2D eigenvalue weighted by molar-refractivity contribution is -0.121. The van der Waals surface area contributed by atoms with Gasteiger partial charge in [-0.1, -0.05) is 62.4 Å². The molecule has 0 spiro atoms. The molecular formula is C28H38N4O2. The highest BCUT2D eigenvalue weighted by molar-refractivity contribution is 6.05. The number of hydrogen-bond acceptors (Lipinski definition) is 4. The topological polar surface area (TPSA) is 73.8 Å². The van der Waals surface area contributed by atoms with E-state index in [0.29, 0.717) is 18.5 Å². The number of piperidine rings is 1. The van der Waals surface area contributed by atoms with E-state index in [2.05, 4.69) is 40.7 Å². The van der Waals surface area contributed by atoms with Crippen LogP contribution in [0.2, 0.25) is 0 Å². The highest BCUT2D eigenvalue weighted by Gasteiger charge is 2.23. The molecule has 2 amide bonds. The van der Waals surface area contributed by atoms with Gasteiger partial charge in [0.05, 0.1) is 11.4 Å². The fourth-order valence-corrected chi connectivity index (χ4v) is 3.85. The third kappa shape index (κ3) is 8.50. The molecule has 2 N–H and O–H groups in total. The van der Waals surface area contributed by atoms with E-state index in [1.165, 1.54) is 0 Å². The summed E-state index contributed by atoms with van der Waals surface area (Å²) in [6.07, 6.45) is 14.1. The number of allylic oxidation sites excluding steroid dienone is 6. The van der Waals surface area contributed by atoms with Gasteiger partial charge in [-0.05, 0) is 57.0 Å². The molecule has 1 heterocycles. The van der Waals surface area contributed by atoms with Gasteiger partial charge in [0.2, 0.25) is 5.91 Å². The standard InChI is InChI=1S/C28H38N4O2/c1-5-8-12-22(7-3)16-17-27(33)30-23-18-20-32(21-19-23)26-15-11-10-14-24(26)31-28(34)25(29-4)13-9-6-2/h5,7-8,10-15,23H,3-4,6,9,16-21H2,1-2H3,(H,30,33)(H,31,34)/b8-5-,22-12+,25-13-. The summed E-state index contributed by atoms with van der Waals surface area (Å²) in [5.41, 5.74) is 3.13. The number of amides is 2. The summed E-state index contributed by atoms with van der Waals surface area (Å²) < 4.78 is 0. The van der Waals surface area contributed by atoms with Gasteiger partial charge in [0.1, 0.15) is 5.70 Å². The van der Waals surface area contributed by atoms with Crippen LogP contribution in [0.3, 0.4) is 0 Å². The Bertz CT molecular complexity index is 937. The fourth-order valence-electron chi connectivity index (χ4n) is 3.85. The first-order valence-electron chi connectivity index (χ1n) is 12.1. The summed E-state index contributed by atoms with van der Waals surface area (Å²) in [5.74, 6) is -0.178. The molecule has 0 saturated carbocycles. The molecule has 0 unspecified atom stereocenters. The number of benzene rings is 1. The number of anilines is 2. The largest absolute Gasteiger partial charge is 0.370 e. The molecule has 0 aromatic heterocycles. The van der Waals surface area contributed by atoms with E-state index in [9.17, 15) is 9.59 Å². The minimum absolute atomic E-state index is 0.0719. The van der Waals surface area contributed by atoms with Gasteiger partial charge in [-0.3, -0.25) is 14.6 Å². The van der Waals surface area contributed by atoms with E-state index >= 15 is 0 Å². The number of rotatable bonds is 12. The van der Waals surface area contributed by atoms with Crippen molar-refractivity contribution < 1.29 is 9.59 Å². The van der Waals surface area contributed by atoms with Gasteiger partial charge >= 0.3 is 0 Å². The third-order valence-electron chi connectivity index (χ3n) is 5.79. The molecule has 1 aliphatic rings. The van der Waals surface area contributed by atoms with Crippen molar-refractivity contribution >= 4 is 29.9 Å². The first-order valence-corrected chi connectivity index (χ1v) is 12.1. The lowest BCUT2D eigenvalue weighted by atomic mass is 10.0. The molecule has 1 aromatic carbocycles. The lowest BCUT2D eigenvalue weighted by Crippen LogP contribution is -2.44. The highest BCUT2D eigenvalue weighted by atomic mass is 16.2. The van der Waals surface area contributed by atoms with Gasteiger partial charge in [-0.25, -0.2) is 0 Å². The summed E-state index contributed by atoms with van der Waals surface area (Å²) in [4.78, 5) is 31.2. The van der Waals surface area contributed by atoms with Crippen molar-refractivity contribution in [1.82, 2.24) is 5.32 Å². The van der Waals surface area contributed by atoms with Gasteiger partial charge in [0.25, 0.3) is 5.91 Å². The highest BCUT2D eigenvalue weighted by Crippen LogP contribution is 2.29. The van der Waals surface area contributed by atoms with Crippen LogP contribution < -0.4 is 15.5 Å². The zero-order valence-electron chi connectivity index (χ0n) is 20.6. The van der Waals surface area contributed by atoms with E-state index in [4.69, 9.17) is 0 Å². The molecule has 0 radical (unpaired) electrons. The molecule has 6 nitrogen and oxygen atoms in total. The second-order valence-corrected chi connectivity index (χ2v) is 8.31. The van der Waals surface area contributed by atoms with Crippen LogP contribution in [0.4, 0.5) is 11.4 Å². The van der Waals surface area contributed by atoms with Crippen molar-refractivity contribution in [3.63, 3.8) is 0 Å². The van der Waals surface area contributed by atoms with E-state index in [-0.39, 0.29) is 17.9 Å². The van der Waals surface area contributed by atoms with E-state index in [1.807, 2.05) is 55.5 Å². The van der Waals surface area contributed by atoms with Gasteiger partial charge in [0, 0.05) is 25.6 Å². The molecule has 1 aliphatic heterocycles. The molecule has 1 saturated heterocycles. The molecule has 1 aromatic rings. The molecule has 34 heavy (non-hydrogen) atoms. The Balaban J connectivity index is 1.92. The first-order chi connectivity index (χ1) is 16.5. The number of carbonyl (C=O) groups excluding carboxylic acids is 2. The Hall–Kier alpha value is -3.41. The minimum Gasteiger partial charge on any atom is -0.370 e.